The summed E-state index contributed by atoms with van der Waals surface area (Å²) in [6, 6.07) is 10.1. The molecular formula is C21H32O4. The smallest absolute Gasteiger partial charge is 0.308 e. The first-order valence-electron chi connectivity index (χ1n) is 9.32. The second-order valence-corrected chi connectivity index (χ2v) is 6.63. The normalized spacial score (nSPS) is 14.4. The zero-order valence-electron chi connectivity index (χ0n) is 16.0. The van der Waals surface area contributed by atoms with E-state index in [4.69, 9.17) is 9.47 Å². The average Bonchev–Trinajstić information content (AvgIpc) is 2.64. The molecule has 3 unspecified atom stereocenters. The predicted octanol–water partition coefficient (Wildman–Crippen LogP) is 4.73. The van der Waals surface area contributed by atoms with Gasteiger partial charge in [-0.25, -0.2) is 0 Å². The molecule has 140 valence electrons. The molecule has 0 aromatic heterocycles. The van der Waals surface area contributed by atoms with Crippen molar-refractivity contribution in [3.8, 4) is 0 Å². The highest BCUT2D eigenvalue weighted by Gasteiger charge is 2.29. The van der Waals surface area contributed by atoms with E-state index in [2.05, 4.69) is 26.0 Å². The molecule has 0 saturated carbocycles. The van der Waals surface area contributed by atoms with Gasteiger partial charge < -0.3 is 9.47 Å². The molecule has 0 fully saturated rings. The van der Waals surface area contributed by atoms with Crippen molar-refractivity contribution in [1.29, 1.82) is 0 Å². The van der Waals surface area contributed by atoms with Crippen molar-refractivity contribution >= 4 is 11.9 Å². The standard InChI is InChI=1S/C21H32O4/c1-5-7-13-25-21(23)17(6-2)15-19(20(22)24-4)14-16(3)18-11-9-8-10-12-18/h8-12,16-17,19H,5-7,13-15H2,1-4H3. The molecule has 0 aliphatic rings. The van der Waals surface area contributed by atoms with E-state index in [0.717, 1.165) is 12.8 Å². The Morgan fingerprint density at radius 2 is 1.68 bits per heavy atom. The summed E-state index contributed by atoms with van der Waals surface area (Å²) >= 11 is 0. The third-order valence-electron chi connectivity index (χ3n) is 4.68. The van der Waals surface area contributed by atoms with Crippen molar-refractivity contribution in [2.45, 2.75) is 58.8 Å². The number of carbonyl (C=O) groups is 2. The monoisotopic (exact) mass is 348 g/mol. The van der Waals surface area contributed by atoms with Crippen molar-refractivity contribution in [2.75, 3.05) is 13.7 Å². The van der Waals surface area contributed by atoms with Crippen molar-refractivity contribution in [2.24, 2.45) is 11.8 Å². The van der Waals surface area contributed by atoms with Gasteiger partial charge in [-0.1, -0.05) is 57.5 Å². The topological polar surface area (TPSA) is 52.6 Å². The summed E-state index contributed by atoms with van der Waals surface area (Å²) in [7, 11) is 1.41. The van der Waals surface area contributed by atoms with Crippen LogP contribution in [0.2, 0.25) is 0 Å². The average molecular weight is 348 g/mol. The lowest BCUT2D eigenvalue weighted by Gasteiger charge is -2.23. The lowest BCUT2D eigenvalue weighted by atomic mass is 9.84. The second kappa shape index (κ2) is 11.7. The van der Waals surface area contributed by atoms with Crippen molar-refractivity contribution in [1.82, 2.24) is 0 Å². The van der Waals surface area contributed by atoms with Crippen LogP contribution in [0.15, 0.2) is 30.3 Å². The van der Waals surface area contributed by atoms with Crippen molar-refractivity contribution in [3.63, 3.8) is 0 Å². The maximum Gasteiger partial charge on any atom is 0.308 e. The molecule has 1 aromatic rings. The summed E-state index contributed by atoms with van der Waals surface area (Å²) in [5, 5.41) is 0. The minimum Gasteiger partial charge on any atom is -0.469 e. The maximum absolute atomic E-state index is 12.3. The number of esters is 2. The number of rotatable bonds is 11. The highest BCUT2D eigenvalue weighted by atomic mass is 16.5. The van der Waals surface area contributed by atoms with Crippen LogP contribution < -0.4 is 0 Å². The first kappa shape index (κ1) is 21.2. The van der Waals surface area contributed by atoms with Crippen LogP contribution in [-0.2, 0) is 19.1 Å². The van der Waals surface area contributed by atoms with E-state index < -0.39 is 0 Å². The molecule has 1 rings (SSSR count). The summed E-state index contributed by atoms with van der Waals surface area (Å²) in [5.74, 6) is -0.786. The number of carbonyl (C=O) groups excluding carboxylic acids is 2. The minimum atomic E-state index is -0.302. The third-order valence-corrected chi connectivity index (χ3v) is 4.68. The largest absolute Gasteiger partial charge is 0.469 e. The SMILES string of the molecule is CCCCOC(=O)C(CC)CC(CC(C)c1ccccc1)C(=O)OC. The van der Waals surface area contributed by atoms with Crippen molar-refractivity contribution in [3.05, 3.63) is 35.9 Å². The van der Waals surface area contributed by atoms with Gasteiger partial charge in [-0.05, 0) is 37.2 Å². The molecule has 1 aromatic carbocycles. The lowest BCUT2D eigenvalue weighted by Crippen LogP contribution is -2.26. The van der Waals surface area contributed by atoms with Crippen LogP contribution >= 0.6 is 0 Å². The van der Waals surface area contributed by atoms with E-state index in [1.54, 1.807) is 0 Å². The van der Waals surface area contributed by atoms with Gasteiger partial charge in [0.1, 0.15) is 0 Å². The van der Waals surface area contributed by atoms with Gasteiger partial charge in [-0.15, -0.1) is 0 Å². The molecule has 0 saturated heterocycles. The van der Waals surface area contributed by atoms with Gasteiger partial charge in [0.05, 0.1) is 25.6 Å². The lowest BCUT2D eigenvalue weighted by molar-refractivity contribution is -0.152. The molecule has 3 atom stereocenters. The van der Waals surface area contributed by atoms with E-state index in [1.165, 1.54) is 12.7 Å². The van der Waals surface area contributed by atoms with Crippen LogP contribution in [0.3, 0.4) is 0 Å². The summed E-state index contributed by atoms with van der Waals surface area (Å²) in [6.07, 6.45) is 3.66. The summed E-state index contributed by atoms with van der Waals surface area (Å²) in [5.41, 5.74) is 1.19. The Hall–Kier alpha value is -1.84. The number of benzene rings is 1. The Balaban J connectivity index is 2.73. The number of hydrogen-bond donors (Lipinski definition) is 0. The fraction of sp³-hybridized carbons (Fsp3) is 0.619. The Labute approximate surface area is 151 Å². The molecule has 0 amide bonds. The van der Waals surface area contributed by atoms with Gasteiger partial charge >= 0.3 is 11.9 Å². The van der Waals surface area contributed by atoms with Gasteiger partial charge in [-0.2, -0.15) is 0 Å². The molecule has 0 bridgehead atoms. The third kappa shape index (κ3) is 7.29. The Morgan fingerprint density at radius 1 is 1.00 bits per heavy atom. The predicted molar refractivity (Wildman–Crippen MR) is 99.2 cm³/mol. The summed E-state index contributed by atoms with van der Waals surface area (Å²) < 4.78 is 10.3. The highest BCUT2D eigenvalue weighted by Crippen LogP contribution is 2.29. The second-order valence-electron chi connectivity index (χ2n) is 6.63. The molecule has 0 spiro atoms. The van der Waals surface area contributed by atoms with Gasteiger partial charge in [0, 0.05) is 0 Å². The molecular weight excluding hydrogens is 316 g/mol. The number of ether oxygens (including phenoxy) is 2. The van der Waals surface area contributed by atoms with E-state index >= 15 is 0 Å². The summed E-state index contributed by atoms with van der Waals surface area (Å²) in [6.45, 7) is 6.57. The molecule has 25 heavy (non-hydrogen) atoms. The molecule has 0 N–H and O–H groups in total. The molecule has 0 aliphatic heterocycles. The highest BCUT2D eigenvalue weighted by molar-refractivity contribution is 5.76. The van der Waals surface area contributed by atoms with Gasteiger partial charge in [0.15, 0.2) is 0 Å². The van der Waals surface area contributed by atoms with Gasteiger partial charge in [0.25, 0.3) is 0 Å². The van der Waals surface area contributed by atoms with Crippen LogP contribution in [0, 0.1) is 11.8 Å². The number of unbranched alkanes of at least 4 members (excludes halogenated alkanes) is 1. The van der Waals surface area contributed by atoms with E-state index in [1.807, 2.05) is 25.1 Å². The van der Waals surface area contributed by atoms with Crippen LogP contribution in [0.1, 0.15) is 64.4 Å². The first-order valence-corrected chi connectivity index (χ1v) is 9.32. The van der Waals surface area contributed by atoms with Crippen LogP contribution in [0.5, 0.6) is 0 Å². The maximum atomic E-state index is 12.3. The molecule has 0 aliphatic carbocycles. The van der Waals surface area contributed by atoms with Gasteiger partial charge in [-0.3, -0.25) is 9.59 Å². The molecule has 4 nitrogen and oxygen atoms in total. The van der Waals surface area contributed by atoms with E-state index in [9.17, 15) is 9.59 Å². The van der Waals surface area contributed by atoms with Crippen LogP contribution in [-0.4, -0.2) is 25.7 Å². The van der Waals surface area contributed by atoms with Gasteiger partial charge in [0.2, 0.25) is 0 Å². The fourth-order valence-electron chi connectivity index (χ4n) is 3.01. The quantitative estimate of drug-likeness (QED) is 0.428. The van der Waals surface area contributed by atoms with E-state index in [0.29, 0.717) is 25.9 Å². The Morgan fingerprint density at radius 3 is 2.24 bits per heavy atom. The fourth-order valence-corrected chi connectivity index (χ4v) is 3.01. The molecule has 0 radical (unpaired) electrons. The zero-order chi connectivity index (χ0) is 18.7. The first-order chi connectivity index (χ1) is 12.0. The summed E-state index contributed by atoms with van der Waals surface area (Å²) in [4.78, 5) is 24.5. The van der Waals surface area contributed by atoms with E-state index in [-0.39, 0.29) is 29.7 Å². The number of hydrogen-bond acceptors (Lipinski definition) is 4. The molecule has 4 heteroatoms. The van der Waals surface area contributed by atoms with Crippen LogP contribution in [0.4, 0.5) is 0 Å². The number of methoxy groups -OCH3 is 1. The zero-order valence-corrected chi connectivity index (χ0v) is 16.0. The Bertz CT molecular complexity index is 512. The van der Waals surface area contributed by atoms with Crippen LogP contribution in [0.25, 0.3) is 0 Å². The molecule has 0 heterocycles. The minimum absolute atomic E-state index is 0.197. The Kier molecular flexibility index (Phi) is 9.90. The van der Waals surface area contributed by atoms with Crippen molar-refractivity contribution < 1.29 is 19.1 Å².